The monoisotopic (exact) mass is 295 g/mol. The Morgan fingerprint density at radius 3 is 2.86 bits per heavy atom. The van der Waals surface area contributed by atoms with Crippen molar-refractivity contribution in [2.45, 2.75) is 31.8 Å². The van der Waals surface area contributed by atoms with Crippen molar-refractivity contribution < 1.29 is 13.9 Å². The van der Waals surface area contributed by atoms with Gasteiger partial charge >= 0.3 is 0 Å². The first-order chi connectivity index (χ1) is 10.3. The Morgan fingerprint density at radius 2 is 2.19 bits per heavy atom. The molecule has 4 heteroatoms. The second-order valence-electron chi connectivity index (χ2n) is 5.76. The van der Waals surface area contributed by atoms with Crippen LogP contribution >= 0.6 is 0 Å². The highest BCUT2D eigenvalue weighted by molar-refractivity contribution is 5.16. The number of benzene rings is 1. The molecule has 2 atom stereocenters. The predicted octanol–water partition coefficient (Wildman–Crippen LogP) is 2.79. The van der Waals surface area contributed by atoms with Crippen molar-refractivity contribution in [2.75, 3.05) is 33.4 Å². The van der Waals surface area contributed by atoms with E-state index in [0.717, 1.165) is 45.6 Å². The second-order valence-corrected chi connectivity index (χ2v) is 5.76. The van der Waals surface area contributed by atoms with Gasteiger partial charge in [-0.25, -0.2) is 4.39 Å². The van der Waals surface area contributed by atoms with E-state index in [9.17, 15) is 4.39 Å². The summed E-state index contributed by atoms with van der Waals surface area (Å²) in [5.74, 6) is 0.336. The molecule has 1 aromatic carbocycles. The van der Waals surface area contributed by atoms with Crippen LogP contribution in [-0.2, 0) is 15.9 Å². The van der Waals surface area contributed by atoms with E-state index in [1.165, 1.54) is 24.1 Å². The molecule has 1 aromatic rings. The number of halogens is 1. The van der Waals surface area contributed by atoms with Crippen LogP contribution in [0.1, 0.15) is 24.8 Å². The molecule has 0 amide bonds. The van der Waals surface area contributed by atoms with Crippen LogP contribution in [0.4, 0.5) is 4.39 Å². The van der Waals surface area contributed by atoms with E-state index in [-0.39, 0.29) is 5.82 Å². The molecule has 0 spiro atoms. The molecule has 1 aliphatic rings. The van der Waals surface area contributed by atoms with Gasteiger partial charge in [-0.15, -0.1) is 0 Å². The van der Waals surface area contributed by atoms with Crippen LogP contribution < -0.4 is 5.32 Å². The van der Waals surface area contributed by atoms with Crippen molar-refractivity contribution in [1.82, 2.24) is 5.32 Å². The highest BCUT2D eigenvalue weighted by Gasteiger charge is 2.21. The van der Waals surface area contributed by atoms with Crippen molar-refractivity contribution in [1.29, 1.82) is 0 Å². The largest absolute Gasteiger partial charge is 0.383 e. The lowest BCUT2D eigenvalue weighted by molar-refractivity contribution is 0.0888. The normalized spacial score (nSPS) is 19.8. The van der Waals surface area contributed by atoms with Gasteiger partial charge in [0.1, 0.15) is 5.82 Å². The molecule has 0 aromatic heterocycles. The van der Waals surface area contributed by atoms with Gasteiger partial charge in [0.05, 0.1) is 12.7 Å². The third-order valence-electron chi connectivity index (χ3n) is 3.97. The van der Waals surface area contributed by atoms with E-state index in [1.54, 1.807) is 7.11 Å². The van der Waals surface area contributed by atoms with Crippen molar-refractivity contribution in [3.05, 3.63) is 35.6 Å². The van der Waals surface area contributed by atoms with Gasteiger partial charge in [-0.1, -0.05) is 12.1 Å². The number of hydrogen-bond acceptors (Lipinski definition) is 3. The Kier molecular flexibility index (Phi) is 7.13. The van der Waals surface area contributed by atoms with E-state index in [2.05, 4.69) is 5.32 Å². The molecule has 1 aliphatic heterocycles. The van der Waals surface area contributed by atoms with Crippen LogP contribution in [0.15, 0.2) is 24.3 Å². The second kappa shape index (κ2) is 9.13. The first-order valence-corrected chi connectivity index (χ1v) is 7.83. The van der Waals surface area contributed by atoms with Crippen molar-refractivity contribution >= 4 is 0 Å². The van der Waals surface area contributed by atoms with Crippen molar-refractivity contribution in [3.8, 4) is 0 Å². The lowest BCUT2D eigenvalue weighted by atomic mass is 9.92. The van der Waals surface area contributed by atoms with Crippen molar-refractivity contribution in [2.24, 2.45) is 5.92 Å². The fourth-order valence-corrected chi connectivity index (χ4v) is 2.88. The highest BCUT2D eigenvalue weighted by Crippen LogP contribution is 2.22. The summed E-state index contributed by atoms with van der Waals surface area (Å²) < 4.78 is 23.8. The molecular formula is C17H26FNO2. The zero-order valence-electron chi connectivity index (χ0n) is 12.8. The third kappa shape index (κ3) is 6.12. The summed E-state index contributed by atoms with van der Waals surface area (Å²) in [5.41, 5.74) is 1.19. The molecular weight excluding hydrogens is 269 g/mol. The van der Waals surface area contributed by atoms with Gasteiger partial charge in [-0.2, -0.15) is 0 Å². The average Bonchev–Trinajstić information content (AvgIpc) is 2.99. The summed E-state index contributed by atoms with van der Waals surface area (Å²) in [4.78, 5) is 0. The van der Waals surface area contributed by atoms with Crippen LogP contribution in [0, 0.1) is 11.7 Å². The Morgan fingerprint density at radius 1 is 1.38 bits per heavy atom. The standard InChI is InChI=1S/C17H26FNO2/c1-20-10-8-19-13-15(12-17-3-2-9-21-17)11-14-4-6-16(18)7-5-14/h4-7,15,17,19H,2-3,8-13H2,1H3. The van der Waals surface area contributed by atoms with Crippen LogP contribution in [0.3, 0.4) is 0 Å². The van der Waals surface area contributed by atoms with Crippen LogP contribution in [0.2, 0.25) is 0 Å². The number of hydrogen-bond donors (Lipinski definition) is 1. The van der Waals surface area contributed by atoms with Crippen LogP contribution in [0.5, 0.6) is 0 Å². The number of methoxy groups -OCH3 is 1. The van der Waals surface area contributed by atoms with Gasteiger partial charge in [-0.05, 0) is 55.8 Å². The van der Waals surface area contributed by atoms with Crippen LogP contribution in [0.25, 0.3) is 0 Å². The molecule has 21 heavy (non-hydrogen) atoms. The molecule has 2 unspecified atom stereocenters. The number of nitrogens with one attached hydrogen (secondary N) is 1. The minimum Gasteiger partial charge on any atom is -0.383 e. The molecule has 1 N–H and O–H groups in total. The van der Waals surface area contributed by atoms with Crippen LogP contribution in [-0.4, -0.2) is 39.5 Å². The molecule has 0 aliphatic carbocycles. The quantitative estimate of drug-likeness (QED) is 0.711. The fraction of sp³-hybridized carbons (Fsp3) is 0.647. The molecule has 0 radical (unpaired) electrons. The first kappa shape index (κ1) is 16.4. The van der Waals surface area contributed by atoms with E-state index in [4.69, 9.17) is 9.47 Å². The molecule has 0 saturated carbocycles. The summed E-state index contributed by atoms with van der Waals surface area (Å²) in [6.45, 7) is 3.43. The molecule has 1 heterocycles. The summed E-state index contributed by atoms with van der Waals surface area (Å²) in [6, 6.07) is 6.84. The molecule has 2 rings (SSSR count). The highest BCUT2D eigenvalue weighted by atomic mass is 19.1. The first-order valence-electron chi connectivity index (χ1n) is 7.83. The van der Waals surface area contributed by atoms with E-state index in [0.29, 0.717) is 12.0 Å². The Labute approximate surface area is 126 Å². The van der Waals surface area contributed by atoms with E-state index < -0.39 is 0 Å². The topological polar surface area (TPSA) is 30.5 Å². The van der Waals surface area contributed by atoms with Gasteiger partial charge in [0.25, 0.3) is 0 Å². The van der Waals surface area contributed by atoms with Gasteiger partial charge in [-0.3, -0.25) is 0 Å². The number of rotatable bonds is 9. The maximum Gasteiger partial charge on any atom is 0.123 e. The Balaban J connectivity index is 1.85. The van der Waals surface area contributed by atoms with Gasteiger partial charge in [0.15, 0.2) is 0 Å². The maximum absolute atomic E-state index is 13.0. The smallest absolute Gasteiger partial charge is 0.123 e. The molecule has 0 bridgehead atoms. The summed E-state index contributed by atoms with van der Waals surface area (Å²) >= 11 is 0. The Bertz CT molecular complexity index is 390. The minimum absolute atomic E-state index is 0.173. The zero-order chi connectivity index (χ0) is 14.9. The van der Waals surface area contributed by atoms with E-state index in [1.807, 2.05) is 12.1 Å². The summed E-state index contributed by atoms with van der Waals surface area (Å²) in [5, 5.41) is 3.44. The summed E-state index contributed by atoms with van der Waals surface area (Å²) in [7, 11) is 1.71. The van der Waals surface area contributed by atoms with Gasteiger partial charge in [0.2, 0.25) is 0 Å². The molecule has 1 saturated heterocycles. The van der Waals surface area contributed by atoms with Gasteiger partial charge < -0.3 is 14.8 Å². The predicted molar refractivity (Wildman–Crippen MR) is 81.9 cm³/mol. The van der Waals surface area contributed by atoms with E-state index >= 15 is 0 Å². The maximum atomic E-state index is 13.0. The lowest BCUT2D eigenvalue weighted by Crippen LogP contribution is -2.29. The summed E-state index contributed by atoms with van der Waals surface area (Å²) in [6.07, 6.45) is 4.75. The molecule has 118 valence electrons. The lowest BCUT2D eigenvalue weighted by Gasteiger charge is -2.21. The molecule has 1 fully saturated rings. The zero-order valence-corrected chi connectivity index (χ0v) is 12.8. The molecule has 3 nitrogen and oxygen atoms in total. The van der Waals surface area contributed by atoms with Crippen molar-refractivity contribution in [3.63, 3.8) is 0 Å². The number of ether oxygens (including phenoxy) is 2. The Hall–Kier alpha value is -0.970. The average molecular weight is 295 g/mol. The fourth-order valence-electron chi connectivity index (χ4n) is 2.88. The minimum atomic E-state index is -0.173. The SMILES string of the molecule is COCCNCC(Cc1ccc(F)cc1)CC1CCCO1. The van der Waals surface area contributed by atoms with Gasteiger partial charge in [0, 0.05) is 20.3 Å². The third-order valence-corrected chi connectivity index (χ3v) is 3.97.